The minimum absolute atomic E-state index is 0.0107. The van der Waals surface area contributed by atoms with Gasteiger partial charge in [-0.15, -0.1) is 0 Å². The van der Waals surface area contributed by atoms with Gasteiger partial charge in [-0.2, -0.15) is 4.98 Å². The van der Waals surface area contributed by atoms with E-state index in [9.17, 15) is 13.2 Å². The maximum absolute atomic E-state index is 12.4. The standard InChI is InChI=1S/C14H23N3O5S/c1-10(12(18)17-5-7-21-8-6-17)23(19,20)9-11-15-13(16-22-11)14(2,3)4/h10H,5-9H2,1-4H3/t10-/m0/s1. The lowest BCUT2D eigenvalue weighted by molar-refractivity contribution is -0.134. The average molecular weight is 345 g/mol. The molecule has 0 aliphatic carbocycles. The molecule has 1 aromatic rings. The van der Waals surface area contributed by atoms with Crippen molar-refractivity contribution in [3.05, 3.63) is 11.7 Å². The first-order chi connectivity index (χ1) is 10.6. The van der Waals surface area contributed by atoms with E-state index in [4.69, 9.17) is 9.26 Å². The number of carbonyl (C=O) groups excluding carboxylic acids is 1. The summed E-state index contributed by atoms with van der Waals surface area (Å²) >= 11 is 0. The third-order valence-corrected chi connectivity index (χ3v) is 5.60. The minimum Gasteiger partial charge on any atom is -0.378 e. The summed E-state index contributed by atoms with van der Waals surface area (Å²) < 4.78 is 35.1. The lowest BCUT2D eigenvalue weighted by Gasteiger charge is -2.28. The first-order valence-corrected chi connectivity index (χ1v) is 9.24. The average Bonchev–Trinajstić information content (AvgIpc) is 2.94. The molecule has 0 saturated carbocycles. The van der Waals surface area contributed by atoms with Crippen LogP contribution in [0.5, 0.6) is 0 Å². The number of rotatable bonds is 4. The Labute approximate surface area is 136 Å². The molecule has 0 spiro atoms. The van der Waals surface area contributed by atoms with Gasteiger partial charge in [0.05, 0.1) is 13.2 Å². The van der Waals surface area contributed by atoms with Crippen molar-refractivity contribution in [2.24, 2.45) is 0 Å². The van der Waals surface area contributed by atoms with Crippen molar-refractivity contribution in [3.63, 3.8) is 0 Å². The summed E-state index contributed by atoms with van der Waals surface area (Å²) in [6.45, 7) is 8.78. The van der Waals surface area contributed by atoms with E-state index >= 15 is 0 Å². The van der Waals surface area contributed by atoms with Gasteiger partial charge in [-0.3, -0.25) is 4.79 Å². The maximum atomic E-state index is 12.4. The zero-order valence-electron chi connectivity index (χ0n) is 13.9. The predicted molar refractivity (Wildman–Crippen MR) is 82.5 cm³/mol. The number of amides is 1. The maximum Gasteiger partial charge on any atom is 0.241 e. The van der Waals surface area contributed by atoms with Crippen LogP contribution in [0.2, 0.25) is 0 Å². The van der Waals surface area contributed by atoms with Crippen molar-refractivity contribution >= 4 is 15.7 Å². The first kappa shape index (κ1) is 17.9. The number of aromatic nitrogens is 2. The summed E-state index contributed by atoms with van der Waals surface area (Å²) in [5, 5.41) is 2.66. The zero-order chi connectivity index (χ0) is 17.3. The van der Waals surface area contributed by atoms with Gasteiger partial charge >= 0.3 is 0 Å². The Morgan fingerprint density at radius 3 is 2.43 bits per heavy atom. The number of ether oxygens (including phenoxy) is 1. The van der Waals surface area contributed by atoms with Gasteiger partial charge in [0.15, 0.2) is 15.7 Å². The molecule has 9 heteroatoms. The second-order valence-corrected chi connectivity index (χ2v) is 8.97. The normalized spacial score (nSPS) is 18.0. The number of nitrogens with zero attached hydrogens (tertiary/aromatic N) is 3. The predicted octanol–water partition coefficient (Wildman–Crippen LogP) is 0.529. The quantitative estimate of drug-likeness (QED) is 0.784. The van der Waals surface area contributed by atoms with E-state index in [1.54, 1.807) is 0 Å². The van der Waals surface area contributed by atoms with Crippen LogP contribution >= 0.6 is 0 Å². The van der Waals surface area contributed by atoms with Crippen molar-refractivity contribution in [2.75, 3.05) is 26.3 Å². The van der Waals surface area contributed by atoms with E-state index in [2.05, 4.69) is 10.1 Å². The highest BCUT2D eigenvalue weighted by Gasteiger charge is 2.34. The molecule has 1 fully saturated rings. The molecule has 23 heavy (non-hydrogen) atoms. The highest BCUT2D eigenvalue weighted by atomic mass is 32.2. The second kappa shape index (κ2) is 6.56. The van der Waals surface area contributed by atoms with Gasteiger partial charge in [-0.25, -0.2) is 8.42 Å². The monoisotopic (exact) mass is 345 g/mol. The van der Waals surface area contributed by atoms with Crippen LogP contribution in [0, 0.1) is 0 Å². The third kappa shape index (κ3) is 4.29. The van der Waals surface area contributed by atoms with Gasteiger partial charge in [-0.05, 0) is 6.92 Å². The summed E-state index contributed by atoms with van der Waals surface area (Å²) in [4.78, 5) is 18.0. The van der Waals surface area contributed by atoms with Gasteiger partial charge in [-0.1, -0.05) is 25.9 Å². The number of hydrogen-bond acceptors (Lipinski definition) is 7. The van der Waals surface area contributed by atoms with E-state index in [0.29, 0.717) is 32.1 Å². The topological polar surface area (TPSA) is 103 Å². The molecule has 1 aliphatic heterocycles. The molecule has 1 aliphatic rings. The van der Waals surface area contributed by atoms with Gasteiger partial charge in [0, 0.05) is 18.5 Å². The fourth-order valence-corrected chi connectivity index (χ4v) is 3.28. The van der Waals surface area contributed by atoms with Crippen LogP contribution in [0.25, 0.3) is 0 Å². The Morgan fingerprint density at radius 1 is 1.30 bits per heavy atom. The third-order valence-electron chi connectivity index (χ3n) is 3.67. The molecular weight excluding hydrogens is 322 g/mol. The number of sulfone groups is 1. The van der Waals surface area contributed by atoms with Crippen LogP contribution in [0.15, 0.2) is 4.52 Å². The van der Waals surface area contributed by atoms with Gasteiger partial charge in [0.2, 0.25) is 11.8 Å². The summed E-state index contributed by atoms with van der Waals surface area (Å²) in [6, 6.07) is 0. The van der Waals surface area contributed by atoms with Crippen molar-refractivity contribution in [1.29, 1.82) is 0 Å². The minimum atomic E-state index is -3.72. The molecule has 1 amide bonds. The molecular formula is C14H23N3O5S. The lowest BCUT2D eigenvalue weighted by Crippen LogP contribution is -2.47. The molecule has 1 aromatic heterocycles. The van der Waals surface area contributed by atoms with Crippen LogP contribution in [-0.2, 0) is 30.5 Å². The smallest absolute Gasteiger partial charge is 0.241 e. The SMILES string of the molecule is C[C@@H](C(=O)N1CCOCC1)S(=O)(=O)Cc1nc(C(C)(C)C)no1. The molecule has 0 N–H and O–H groups in total. The van der Waals surface area contributed by atoms with Gasteiger partial charge < -0.3 is 14.2 Å². The fourth-order valence-electron chi connectivity index (χ4n) is 2.11. The van der Waals surface area contributed by atoms with E-state index in [-0.39, 0.29) is 11.3 Å². The highest BCUT2D eigenvalue weighted by molar-refractivity contribution is 7.92. The van der Waals surface area contributed by atoms with Crippen LogP contribution in [0.3, 0.4) is 0 Å². The van der Waals surface area contributed by atoms with Crippen LogP contribution in [-0.4, -0.2) is 60.9 Å². The van der Waals surface area contributed by atoms with Crippen molar-refractivity contribution in [2.45, 2.75) is 44.1 Å². The summed E-state index contributed by atoms with van der Waals surface area (Å²) in [5.41, 5.74) is -0.333. The molecule has 2 rings (SSSR count). The molecule has 2 heterocycles. The number of morpholine rings is 1. The largest absolute Gasteiger partial charge is 0.378 e. The fraction of sp³-hybridized carbons (Fsp3) is 0.786. The molecule has 0 bridgehead atoms. The van der Waals surface area contributed by atoms with Crippen molar-refractivity contribution < 1.29 is 22.5 Å². The molecule has 0 aromatic carbocycles. The van der Waals surface area contributed by atoms with Crippen LogP contribution < -0.4 is 0 Å². The second-order valence-electron chi connectivity index (χ2n) is 6.65. The summed E-state index contributed by atoms with van der Waals surface area (Å²) in [6.07, 6.45) is 0. The summed E-state index contributed by atoms with van der Waals surface area (Å²) in [5.74, 6) is -0.400. The van der Waals surface area contributed by atoms with E-state index in [1.165, 1.54) is 11.8 Å². The number of hydrogen-bond donors (Lipinski definition) is 0. The van der Waals surface area contributed by atoms with Crippen molar-refractivity contribution in [3.8, 4) is 0 Å². The highest BCUT2D eigenvalue weighted by Crippen LogP contribution is 2.20. The zero-order valence-corrected chi connectivity index (χ0v) is 14.7. The van der Waals surface area contributed by atoms with Gasteiger partial charge in [0.1, 0.15) is 11.0 Å². The Morgan fingerprint density at radius 2 is 1.91 bits per heavy atom. The number of carbonyl (C=O) groups is 1. The van der Waals surface area contributed by atoms with Gasteiger partial charge in [0.25, 0.3) is 0 Å². The molecule has 0 radical (unpaired) electrons. The van der Waals surface area contributed by atoms with Crippen LogP contribution in [0.1, 0.15) is 39.4 Å². The molecule has 1 atom stereocenters. The molecule has 0 unspecified atom stereocenters. The summed E-state index contributed by atoms with van der Waals surface area (Å²) in [7, 11) is -3.72. The Balaban J connectivity index is 2.08. The molecule has 130 valence electrons. The van der Waals surface area contributed by atoms with E-state index < -0.39 is 26.7 Å². The van der Waals surface area contributed by atoms with E-state index in [0.717, 1.165) is 0 Å². The Kier molecular flexibility index (Phi) is 5.10. The lowest BCUT2D eigenvalue weighted by atomic mass is 9.96. The van der Waals surface area contributed by atoms with Crippen molar-refractivity contribution in [1.82, 2.24) is 15.0 Å². The Bertz CT molecular complexity index is 656. The first-order valence-electron chi connectivity index (χ1n) is 7.52. The molecule has 1 saturated heterocycles. The van der Waals surface area contributed by atoms with Crippen LogP contribution in [0.4, 0.5) is 0 Å². The van der Waals surface area contributed by atoms with E-state index in [1.807, 2.05) is 20.8 Å². The molecule has 8 nitrogen and oxygen atoms in total. The Hall–Kier alpha value is -1.48.